The molecule has 10 nitrogen and oxygen atoms in total. The summed E-state index contributed by atoms with van der Waals surface area (Å²) in [6.07, 6.45) is 2.42. The fourth-order valence-corrected chi connectivity index (χ4v) is 5.27. The number of thiophene rings is 1. The molecule has 0 saturated heterocycles. The molecule has 3 aromatic heterocycles. The normalized spacial score (nSPS) is 13.9. The number of fused-ring (bicyclic) bond motifs is 2. The van der Waals surface area contributed by atoms with Crippen molar-refractivity contribution in [2.24, 2.45) is 0 Å². The minimum Gasteiger partial charge on any atom is -0.462 e. The van der Waals surface area contributed by atoms with Gasteiger partial charge in [0, 0.05) is 16.3 Å². The fraction of sp³-hybridized carbons (Fsp3) is 0.478. The predicted octanol–water partition coefficient (Wildman–Crippen LogP) is 2.97. The lowest BCUT2D eigenvalue weighted by Gasteiger charge is -2.14. The van der Waals surface area contributed by atoms with Gasteiger partial charge in [-0.05, 0) is 65.0 Å². The zero-order chi connectivity index (χ0) is 24.4. The molecule has 1 amide bonds. The molecule has 3 aromatic rings. The van der Waals surface area contributed by atoms with Gasteiger partial charge in [0.2, 0.25) is 0 Å². The number of aromatic nitrogens is 4. The molecule has 4 rings (SSSR count). The van der Waals surface area contributed by atoms with Gasteiger partial charge in [0.05, 0.1) is 12.2 Å². The van der Waals surface area contributed by atoms with Gasteiger partial charge < -0.3 is 14.8 Å². The molecule has 0 spiro atoms. The van der Waals surface area contributed by atoms with Crippen LogP contribution in [0.15, 0.2) is 6.07 Å². The van der Waals surface area contributed by atoms with Crippen LogP contribution in [0.5, 0.6) is 0 Å². The number of aryl methyl sites for hydroxylation is 3. The van der Waals surface area contributed by atoms with E-state index in [1.165, 1.54) is 18.3 Å². The summed E-state index contributed by atoms with van der Waals surface area (Å²) in [5.74, 6) is -0.940. The Labute approximate surface area is 200 Å². The Balaban J connectivity index is 1.43. The molecule has 0 radical (unpaired) electrons. The standard InChI is InChI=1S/C23H27N5O5S/c1-5-32-22(31)19-15-8-6-7-9-16(15)34-21(19)26-20(30)14(4)33-18(29)11-17-25-23-24-12(2)10-13(3)28(23)27-17/h10,14H,5-9,11H2,1-4H3,(H,26,30)/t14-/m0/s1. The lowest BCUT2D eigenvalue weighted by molar-refractivity contribution is -0.152. The van der Waals surface area contributed by atoms with Crippen LogP contribution < -0.4 is 5.32 Å². The van der Waals surface area contributed by atoms with E-state index in [9.17, 15) is 14.4 Å². The maximum absolute atomic E-state index is 12.8. The van der Waals surface area contributed by atoms with Gasteiger partial charge in [0.1, 0.15) is 11.4 Å². The number of amides is 1. The van der Waals surface area contributed by atoms with Crippen LogP contribution in [0.1, 0.15) is 64.7 Å². The summed E-state index contributed by atoms with van der Waals surface area (Å²) < 4.78 is 12.1. The second kappa shape index (κ2) is 9.88. The zero-order valence-electron chi connectivity index (χ0n) is 19.6. The van der Waals surface area contributed by atoms with Gasteiger partial charge in [0.25, 0.3) is 11.7 Å². The third kappa shape index (κ3) is 4.93. The van der Waals surface area contributed by atoms with Crippen LogP contribution in [0.2, 0.25) is 0 Å². The second-order valence-electron chi connectivity index (χ2n) is 8.21. The molecule has 3 heterocycles. The summed E-state index contributed by atoms with van der Waals surface area (Å²) in [6, 6.07) is 1.86. The van der Waals surface area contributed by atoms with Crippen LogP contribution in [-0.4, -0.2) is 50.1 Å². The van der Waals surface area contributed by atoms with Crippen molar-refractivity contribution in [3.8, 4) is 0 Å². The zero-order valence-corrected chi connectivity index (χ0v) is 20.5. The van der Waals surface area contributed by atoms with E-state index in [-0.39, 0.29) is 18.9 Å². The molecular weight excluding hydrogens is 458 g/mol. The van der Waals surface area contributed by atoms with Crippen LogP contribution in [0.25, 0.3) is 5.78 Å². The van der Waals surface area contributed by atoms with E-state index < -0.39 is 23.9 Å². The summed E-state index contributed by atoms with van der Waals surface area (Å²) in [5.41, 5.74) is 3.01. The molecule has 0 aliphatic heterocycles. The summed E-state index contributed by atoms with van der Waals surface area (Å²) in [4.78, 5) is 47.5. The molecule has 1 N–H and O–H groups in total. The van der Waals surface area contributed by atoms with Gasteiger partial charge in [-0.2, -0.15) is 4.98 Å². The number of nitrogens with one attached hydrogen (secondary N) is 1. The fourth-order valence-electron chi connectivity index (χ4n) is 3.99. The van der Waals surface area contributed by atoms with E-state index in [2.05, 4.69) is 20.4 Å². The largest absolute Gasteiger partial charge is 0.462 e. The molecule has 11 heteroatoms. The maximum Gasteiger partial charge on any atom is 0.341 e. The molecule has 0 saturated carbocycles. The van der Waals surface area contributed by atoms with Gasteiger partial charge >= 0.3 is 11.9 Å². The van der Waals surface area contributed by atoms with Crippen LogP contribution in [0.4, 0.5) is 5.00 Å². The van der Waals surface area contributed by atoms with Gasteiger partial charge in [-0.15, -0.1) is 16.4 Å². The molecule has 0 bridgehead atoms. The van der Waals surface area contributed by atoms with Crippen LogP contribution in [0.3, 0.4) is 0 Å². The Morgan fingerprint density at radius 1 is 1.21 bits per heavy atom. The highest BCUT2D eigenvalue weighted by Crippen LogP contribution is 2.38. The first-order chi connectivity index (χ1) is 16.3. The number of carbonyl (C=O) groups excluding carboxylic acids is 3. The summed E-state index contributed by atoms with van der Waals surface area (Å²) in [6.45, 7) is 7.20. The molecule has 0 aromatic carbocycles. The minimum absolute atomic E-state index is 0.194. The highest BCUT2D eigenvalue weighted by atomic mass is 32.1. The van der Waals surface area contributed by atoms with E-state index in [0.29, 0.717) is 16.3 Å². The lowest BCUT2D eigenvalue weighted by Crippen LogP contribution is -2.31. The van der Waals surface area contributed by atoms with Gasteiger partial charge in [-0.25, -0.2) is 14.3 Å². The van der Waals surface area contributed by atoms with Crippen molar-refractivity contribution in [3.05, 3.63) is 39.3 Å². The smallest absolute Gasteiger partial charge is 0.341 e. The number of hydrogen-bond acceptors (Lipinski definition) is 9. The molecule has 0 unspecified atom stereocenters. The van der Waals surface area contributed by atoms with Crippen molar-refractivity contribution in [1.82, 2.24) is 19.6 Å². The van der Waals surface area contributed by atoms with Crippen LogP contribution in [-0.2, 0) is 38.3 Å². The molecule has 0 fully saturated rings. The van der Waals surface area contributed by atoms with Gasteiger partial charge in [-0.1, -0.05) is 0 Å². The monoisotopic (exact) mass is 485 g/mol. The average molecular weight is 486 g/mol. The third-order valence-electron chi connectivity index (χ3n) is 5.53. The highest BCUT2D eigenvalue weighted by molar-refractivity contribution is 7.17. The van der Waals surface area contributed by atoms with Crippen molar-refractivity contribution in [2.75, 3.05) is 11.9 Å². The Bertz CT molecular complexity index is 1260. The van der Waals surface area contributed by atoms with E-state index in [4.69, 9.17) is 9.47 Å². The topological polar surface area (TPSA) is 125 Å². The van der Waals surface area contributed by atoms with Crippen molar-refractivity contribution in [2.45, 2.75) is 65.9 Å². The summed E-state index contributed by atoms with van der Waals surface area (Å²) >= 11 is 1.39. The first kappa shape index (κ1) is 23.8. The summed E-state index contributed by atoms with van der Waals surface area (Å²) in [7, 11) is 0. The van der Waals surface area contributed by atoms with Crippen LogP contribution >= 0.6 is 11.3 Å². The third-order valence-corrected chi connectivity index (χ3v) is 6.74. The number of nitrogens with zero attached hydrogens (tertiary/aromatic N) is 4. The lowest BCUT2D eigenvalue weighted by atomic mass is 9.95. The molecular formula is C23H27N5O5S. The average Bonchev–Trinajstić information content (AvgIpc) is 3.34. The number of ether oxygens (including phenoxy) is 2. The number of rotatable bonds is 7. The van der Waals surface area contributed by atoms with E-state index in [0.717, 1.165) is 47.5 Å². The minimum atomic E-state index is -1.07. The quantitative estimate of drug-likeness (QED) is 0.507. The Kier molecular flexibility index (Phi) is 6.92. The molecule has 180 valence electrons. The van der Waals surface area contributed by atoms with Crippen molar-refractivity contribution in [3.63, 3.8) is 0 Å². The highest BCUT2D eigenvalue weighted by Gasteiger charge is 2.29. The Morgan fingerprint density at radius 3 is 2.74 bits per heavy atom. The Morgan fingerprint density at radius 2 is 1.97 bits per heavy atom. The Hall–Kier alpha value is -3.34. The second-order valence-corrected chi connectivity index (χ2v) is 9.32. The SMILES string of the molecule is CCOC(=O)c1c(NC(=O)[C@H](C)OC(=O)Cc2nc3nc(C)cc(C)n3n2)sc2c1CCCC2. The molecule has 34 heavy (non-hydrogen) atoms. The van der Waals surface area contributed by atoms with Gasteiger partial charge in [0.15, 0.2) is 11.9 Å². The first-order valence-electron chi connectivity index (χ1n) is 11.3. The first-order valence-corrected chi connectivity index (χ1v) is 12.1. The number of hydrogen-bond donors (Lipinski definition) is 1. The van der Waals surface area contributed by atoms with E-state index >= 15 is 0 Å². The van der Waals surface area contributed by atoms with E-state index in [1.54, 1.807) is 11.4 Å². The number of carbonyl (C=O) groups is 3. The maximum atomic E-state index is 12.8. The van der Waals surface area contributed by atoms with Crippen molar-refractivity contribution in [1.29, 1.82) is 0 Å². The number of esters is 2. The van der Waals surface area contributed by atoms with Crippen LogP contribution in [0, 0.1) is 13.8 Å². The van der Waals surface area contributed by atoms with Gasteiger partial charge in [-0.3, -0.25) is 9.59 Å². The summed E-state index contributed by atoms with van der Waals surface area (Å²) in [5, 5.41) is 7.50. The molecule has 1 atom stereocenters. The predicted molar refractivity (Wildman–Crippen MR) is 125 cm³/mol. The van der Waals surface area contributed by atoms with Crippen molar-refractivity contribution < 1.29 is 23.9 Å². The molecule has 1 aliphatic carbocycles. The van der Waals surface area contributed by atoms with E-state index in [1.807, 2.05) is 19.9 Å². The molecule has 1 aliphatic rings. The number of anilines is 1. The van der Waals surface area contributed by atoms with Crippen molar-refractivity contribution >= 4 is 40.0 Å².